The molecule has 1 heterocycles. The molecule has 0 saturated carbocycles. The van der Waals surface area contributed by atoms with Gasteiger partial charge >= 0.3 is 0 Å². The topological polar surface area (TPSA) is 38.0 Å². The van der Waals surface area contributed by atoms with Crippen molar-refractivity contribution in [1.29, 1.82) is 0 Å². The molecular formula is C5H14N2. The van der Waals surface area contributed by atoms with Crippen LogP contribution < -0.4 is 11.1 Å². The lowest BCUT2D eigenvalue weighted by Crippen LogP contribution is -2.30. The van der Waals surface area contributed by atoms with E-state index in [9.17, 15) is 0 Å². The van der Waals surface area contributed by atoms with Crippen molar-refractivity contribution >= 4 is 0 Å². The number of hydrogen-bond acceptors (Lipinski definition) is 2. The molecule has 7 heavy (non-hydrogen) atoms. The zero-order chi connectivity index (χ0) is 4.41. The maximum atomic E-state index is 5.42. The zero-order valence-electron chi connectivity index (χ0n) is 3.78. The average molecular weight is 102 g/mol. The summed E-state index contributed by atoms with van der Waals surface area (Å²) in [6, 6.07) is 0. The molecule has 0 aromatic heterocycles. The standard InChI is InChI=1S/C4H10N2.CH4/c5-4-2-1-3-6-4;/h4,6H,1-3,5H2;1H4. The van der Waals surface area contributed by atoms with Gasteiger partial charge in [-0.3, -0.25) is 0 Å². The summed E-state index contributed by atoms with van der Waals surface area (Å²) in [4.78, 5) is 0. The second kappa shape index (κ2) is 2.99. The molecule has 1 aliphatic heterocycles. The fourth-order valence-electron chi connectivity index (χ4n) is 0.711. The molecule has 0 spiro atoms. The highest BCUT2D eigenvalue weighted by Gasteiger charge is 2.05. The minimum Gasteiger partial charge on any atom is -0.316 e. The summed E-state index contributed by atoms with van der Waals surface area (Å²) in [5.41, 5.74) is 5.42. The first-order valence-electron chi connectivity index (χ1n) is 2.38. The first kappa shape index (κ1) is 6.92. The quantitative estimate of drug-likeness (QED) is 0.461. The number of hydrogen-bond donors (Lipinski definition) is 2. The van der Waals surface area contributed by atoms with Crippen LogP contribution in [-0.2, 0) is 0 Å². The Hall–Kier alpha value is -0.0800. The van der Waals surface area contributed by atoms with Crippen LogP contribution in [0, 0.1) is 0 Å². The van der Waals surface area contributed by atoms with E-state index in [4.69, 9.17) is 5.73 Å². The van der Waals surface area contributed by atoms with Crippen LogP contribution in [0.15, 0.2) is 0 Å². The average Bonchev–Trinajstić information content (AvgIpc) is 1.86. The number of nitrogens with one attached hydrogen (secondary N) is 1. The van der Waals surface area contributed by atoms with Crippen molar-refractivity contribution in [1.82, 2.24) is 5.32 Å². The molecule has 2 nitrogen and oxygen atoms in total. The van der Waals surface area contributed by atoms with Crippen LogP contribution in [0.1, 0.15) is 20.3 Å². The highest BCUT2D eigenvalue weighted by Crippen LogP contribution is 1.96. The van der Waals surface area contributed by atoms with E-state index in [1.807, 2.05) is 0 Å². The Balaban J connectivity index is 0.000000360. The van der Waals surface area contributed by atoms with E-state index in [2.05, 4.69) is 5.32 Å². The van der Waals surface area contributed by atoms with Crippen molar-refractivity contribution in [3.05, 3.63) is 0 Å². The highest BCUT2D eigenvalue weighted by molar-refractivity contribution is 4.66. The minimum absolute atomic E-state index is 0. The van der Waals surface area contributed by atoms with Gasteiger partial charge in [0.05, 0.1) is 6.17 Å². The van der Waals surface area contributed by atoms with Gasteiger partial charge in [-0.1, -0.05) is 7.43 Å². The van der Waals surface area contributed by atoms with Gasteiger partial charge in [0.2, 0.25) is 0 Å². The summed E-state index contributed by atoms with van der Waals surface area (Å²) < 4.78 is 0. The molecule has 1 fully saturated rings. The summed E-state index contributed by atoms with van der Waals surface area (Å²) in [7, 11) is 0. The van der Waals surface area contributed by atoms with E-state index in [-0.39, 0.29) is 7.43 Å². The normalized spacial score (nSPS) is 29.6. The van der Waals surface area contributed by atoms with Crippen molar-refractivity contribution in [2.45, 2.75) is 26.4 Å². The van der Waals surface area contributed by atoms with Crippen LogP contribution >= 0.6 is 0 Å². The molecule has 0 radical (unpaired) electrons. The SMILES string of the molecule is C.NC1CCCN1. The molecule has 0 aromatic rings. The molecule has 0 aromatic carbocycles. The van der Waals surface area contributed by atoms with Gasteiger partial charge in [-0.15, -0.1) is 0 Å². The molecule has 1 rings (SSSR count). The van der Waals surface area contributed by atoms with Gasteiger partial charge in [0.1, 0.15) is 0 Å². The van der Waals surface area contributed by atoms with Gasteiger partial charge in [0.15, 0.2) is 0 Å². The van der Waals surface area contributed by atoms with Crippen LogP contribution in [-0.4, -0.2) is 12.7 Å². The van der Waals surface area contributed by atoms with Gasteiger partial charge in [0, 0.05) is 0 Å². The van der Waals surface area contributed by atoms with Gasteiger partial charge in [-0.25, -0.2) is 0 Å². The van der Waals surface area contributed by atoms with Crippen LogP contribution in [0.5, 0.6) is 0 Å². The van der Waals surface area contributed by atoms with Crippen LogP contribution in [0.4, 0.5) is 0 Å². The molecule has 2 heteroatoms. The summed E-state index contributed by atoms with van der Waals surface area (Å²) in [6.07, 6.45) is 2.70. The van der Waals surface area contributed by atoms with Gasteiger partial charge in [-0.2, -0.15) is 0 Å². The summed E-state index contributed by atoms with van der Waals surface area (Å²) in [6.45, 7) is 1.11. The molecule has 1 atom stereocenters. The summed E-state index contributed by atoms with van der Waals surface area (Å²) in [5, 5.41) is 3.10. The van der Waals surface area contributed by atoms with E-state index in [0.717, 1.165) is 13.0 Å². The highest BCUT2D eigenvalue weighted by atomic mass is 15.0. The zero-order valence-corrected chi connectivity index (χ0v) is 3.78. The van der Waals surface area contributed by atoms with Crippen molar-refractivity contribution in [3.63, 3.8) is 0 Å². The molecule has 1 unspecified atom stereocenters. The summed E-state index contributed by atoms with van der Waals surface area (Å²) in [5.74, 6) is 0. The molecule has 0 bridgehead atoms. The smallest absolute Gasteiger partial charge is 0.0546 e. The van der Waals surface area contributed by atoms with Crippen LogP contribution in [0.25, 0.3) is 0 Å². The van der Waals surface area contributed by atoms with E-state index in [0.29, 0.717) is 6.17 Å². The lowest BCUT2D eigenvalue weighted by molar-refractivity contribution is 0.634. The van der Waals surface area contributed by atoms with E-state index in [1.54, 1.807) is 0 Å². The number of nitrogens with two attached hydrogens (primary N) is 1. The lowest BCUT2D eigenvalue weighted by atomic mass is 10.3. The minimum atomic E-state index is 0. The Morgan fingerprint density at radius 3 is 2.43 bits per heavy atom. The van der Waals surface area contributed by atoms with E-state index in [1.165, 1.54) is 6.42 Å². The van der Waals surface area contributed by atoms with Crippen molar-refractivity contribution in [2.75, 3.05) is 6.54 Å². The summed E-state index contributed by atoms with van der Waals surface area (Å²) >= 11 is 0. The predicted octanol–water partition coefficient (Wildman–Crippen LogP) is 0.291. The van der Waals surface area contributed by atoms with Gasteiger partial charge in [-0.05, 0) is 19.4 Å². The maximum Gasteiger partial charge on any atom is 0.0546 e. The molecule has 0 aliphatic carbocycles. The van der Waals surface area contributed by atoms with Crippen molar-refractivity contribution in [3.8, 4) is 0 Å². The second-order valence-electron chi connectivity index (χ2n) is 1.70. The van der Waals surface area contributed by atoms with Crippen molar-refractivity contribution in [2.24, 2.45) is 5.73 Å². The van der Waals surface area contributed by atoms with Crippen LogP contribution in [0.3, 0.4) is 0 Å². The van der Waals surface area contributed by atoms with Gasteiger partial charge < -0.3 is 11.1 Å². The fraction of sp³-hybridized carbons (Fsp3) is 1.00. The fourth-order valence-corrected chi connectivity index (χ4v) is 0.711. The first-order valence-corrected chi connectivity index (χ1v) is 2.38. The third-order valence-electron chi connectivity index (χ3n) is 1.10. The van der Waals surface area contributed by atoms with Gasteiger partial charge in [0.25, 0.3) is 0 Å². The Morgan fingerprint density at radius 1 is 1.57 bits per heavy atom. The lowest BCUT2D eigenvalue weighted by Gasteiger charge is -1.95. The Morgan fingerprint density at radius 2 is 2.29 bits per heavy atom. The van der Waals surface area contributed by atoms with E-state index < -0.39 is 0 Å². The van der Waals surface area contributed by atoms with Crippen molar-refractivity contribution < 1.29 is 0 Å². The second-order valence-corrected chi connectivity index (χ2v) is 1.70. The Labute approximate surface area is 45.1 Å². The largest absolute Gasteiger partial charge is 0.316 e. The first-order chi connectivity index (χ1) is 2.89. The molecule has 1 aliphatic rings. The Kier molecular flexibility index (Phi) is 2.96. The maximum absolute atomic E-state index is 5.42. The molecule has 44 valence electrons. The molecule has 1 saturated heterocycles. The predicted molar refractivity (Wildman–Crippen MR) is 31.9 cm³/mol. The molecular weight excluding hydrogens is 88.1 g/mol. The number of rotatable bonds is 0. The third kappa shape index (κ3) is 1.90. The monoisotopic (exact) mass is 102 g/mol. The third-order valence-corrected chi connectivity index (χ3v) is 1.10. The molecule has 0 amide bonds. The van der Waals surface area contributed by atoms with E-state index >= 15 is 0 Å². The Bertz CT molecular complexity index is 39.3. The van der Waals surface area contributed by atoms with Crippen LogP contribution in [0.2, 0.25) is 0 Å². The molecule has 3 N–H and O–H groups in total.